The van der Waals surface area contributed by atoms with E-state index in [1.54, 1.807) is 42.9 Å². The molecule has 0 amide bonds. The van der Waals surface area contributed by atoms with E-state index in [9.17, 15) is 22.8 Å². The third-order valence-electron chi connectivity index (χ3n) is 5.68. The second kappa shape index (κ2) is 9.14. The number of nitrogens with zero attached hydrogens (tertiary/aromatic N) is 3. The quantitative estimate of drug-likeness (QED) is 0.213. The van der Waals surface area contributed by atoms with Gasteiger partial charge in [-0.15, -0.1) is 0 Å². The highest BCUT2D eigenvalue weighted by Crippen LogP contribution is 2.38. The Morgan fingerprint density at radius 1 is 0.806 bits per heavy atom. The van der Waals surface area contributed by atoms with Crippen LogP contribution < -0.4 is 0 Å². The lowest BCUT2D eigenvalue weighted by molar-refractivity contribution is -0.137. The largest absolute Gasteiger partial charge is 0.417 e. The van der Waals surface area contributed by atoms with Gasteiger partial charge in [0.15, 0.2) is 5.78 Å². The monoisotopic (exact) mass is 483 g/mol. The molecule has 36 heavy (non-hydrogen) atoms. The maximum Gasteiger partial charge on any atom is 0.417 e. The van der Waals surface area contributed by atoms with Crippen LogP contribution in [0.1, 0.15) is 31.8 Å². The predicted octanol–water partition coefficient (Wildman–Crippen LogP) is 6.42. The fraction of sp³-hybridized carbons (Fsp3) is 0.0357. The van der Waals surface area contributed by atoms with Gasteiger partial charge in [-0.25, -0.2) is 4.98 Å². The van der Waals surface area contributed by atoms with Gasteiger partial charge in [-0.2, -0.15) is 13.2 Å². The average molecular weight is 483 g/mol. The summed E-state index contributed by atoms with van der Waals surface area (Å²) in [5, 5.41) is 0. The number of benzene rings is 3. The third kappa shape index (κ3) is 4.48. The van der Waals surface area contributed by atoms with Gasteiger partial charge in [-0.3, -0.25) is 19.6 Å². The van der Waals surface area contributed by atoms with Crippen molar-refractivity contribution in [3.63, 3.8) is 0 Å². The molecule has 0 saturated heterocycles. The van der Waals surface area contributed by atoms with E-state index < -0.39 is 11.7 Å². The Kier molecular flexibility index (Phi) is 5.85. The summed E-state index contributed by atoms with van der Waals surface area (Å²) in [6.07, 6.45) is 0.783. The normalized spacial score (nSPS) is 11.4. The van der Waals surface area contributed by atoms with Crippen molar-refractivity contribution >= 4 is 23.1 Å². The number of rotatable bonds is 5. The number of carbonyl (C=O) groups excluding carboxylic acids is 2. The zero-order chi connectivity index (χ0) is 25.3. The van der Waals surface area contributed by atoms with E-state index in [1.807, 2.05) is 6.07 Å². The summed E-state index contributed by atoms with van der Waals surface area (Å²) < 4.78 is 40.9. The van der Waals surface area contributed by atoms with E-state index in [1.165, 1.54) is 30.3 Å². The van der Waals surface area contributed by atoms with E-state index in [2.05, 4.69) is 15.0 Å². The molecule has 0 radical (unpaired) electrons. The number of fused-ring (bicyclic) bond motifs is 1. The standard InChI is InChI=1S/C28H16F3N3O2/c29-28(30,31)23-8-6-17(16-35)11-22(23)18-3-1-4-19(12-18)27(36)20-7-9-24-25(13-20)34-26(15-33-24)21-5-2-10-32-14-21/h1-16H. The summed E-state index contributed by atoms with van der Waals surface area (Å²) in [4.78, 5) is 37.5. The van der Waals surface area contributed by atoms with Crippen molar-refractivity contribution in [1.82, 2.24) is 15.0 Å². The summed E-state index contributed by atoms with van der Waals surface area (Å²) >= 11 is 0. The van der Waals surface area contributed by atoms with Gasteiger partial charge in [0.25, 0.3) is 0 Å². The van der Waals surface area contributed by atoms with E-state index >= 15 is 0 Å². The van der Waals surface area contributed by atoms with E-state index in [4.69, 9.17) is 0 Å². The molecule has 0 N–H and O–H groups in total. The van der Waals surface area contributed by atoms with Crippen LogP contribution in [-0.2, 0) is 6.18 Å². The van der Waals surface area contributed by atoms with Crippen molar-refractivity contribution in [2.75, 3.05) is 0 Å². The molecule has 176 valence electrons. The van der Waals surface area contributed by atoms with Crippen LogP contribution in [0.2, 0.25) is 0 Å². The molecule has 0 aliphatic rings. The number of halogens is 3. The zero-order valence-electron chi connectivity index (χ0n) is 18.5. The Bertz CT molecular complexity index is 1620. The SMILES string of the molecule is O=Cc1ccc(C(F)(F)F)c(-c2cccc(C(=O)c3ccc4ncc(-c5cccnc5)nc4c3)c2)c1. The van der Waals surface area contributed by atoms with Crippen molar-refractivity contribution in [2.45, 2.75) is 6.18 Å². The minimum Gasteiger partial charge on any atom is -0.298 e. The Labute approximate surface area is 203 Å². The number of ketones is 1. The molecule has 5 nitrogen and oxygen atoms in total. The van der Waals surface area contributed by atoms with Crippen LogP contribution in [0.4, 0.5) is 13.2 Å². The average Bonchev–Trinajstić information content (AvgIpc) is 2.91. The molecule has 5 rings (SSSR count). The van der Waals surface area contributed by atoms with Gasteiger partial charge < -0.3 is 0 Å². The fourth-order valence-corrected chi connectivity index (χ4v) is 3.92. The number of aromatic nitrogens is 3. The van der Waals surface area contributed by atoms with Gasteiger partial charge in [0.1, 0.15) is 6.29 Å². The first-order valence-electron chi connectivity index (χ1n) is 10.8. The molecule has 0 fully saturated rings. The van der Waals surface area contributed by atoms with Gasteiger partial charge in [-0.05, 0) is 59.7 Å². The first-order valence-corrected chi connectivity index (χ1v) is 10.8. The first kappa shape index (κ1) is 23.0. The van der Waals surface area contributed by atoms with Crippen molar-refractivity contribution in [3.8, 4) is 22.4 Å². The highest BCUT2D eigenvalue weighted by molar-refractivity contribution is 6.10. The number of carbonyl (C=O) groups is 2. The summed E-state index contributed by atoms with van der Waals surface area (Å²) in [6.45, 7) is 0. The highest BCUT2D eigenvalue weighted by atomic mass is 19.4. The first-order chi connectivity index (χ1) is 17.3. The molecule has 0 bridgehead atoms. The highest BCUT2D eigenvalue weighted by Gasteiger charge is 2.33. The second-order valence-corrected chi connectivity index (χ2v) is 8.03. The number of hydrogen-bond donors (Lipinski definition) is 0. The van der Waals surface area contributed by atoms with Crippen LogP contribution in [0.25, 0.3) is 33.4 Å². The van der Waals surface area contributed by atoms with Gasteiger partial charge >= 0.3 is 6.18 Å². The maximum absolute atomic E-state index is 13.6. The summed E-state index contributed by atoms with van der Waals surface area (Å²) in [6, 6.07) is 17.6. The van der Waals surface area contributed by atoms with Gasteiger partial charge in [0.2, 0.25) is 0 Å². The molecule has 0 unspecified atom stereocenters. The van der Waals surface area contributed by atoms with Crippen LogP contribution in [0.15, 0.2) is 91.4 Å². The maximum atomic E-state index is 13.6. The topological polar surface area (TPSA) is 72.8 Å². The van der Waals surface area contributed by atoms with Crippen molar-refractivity contribution < 1.29 is 22.8 Å². The van der Waals surface area contributed by atoms with Crippen LogP contribution in [0.5, 0.6) is 0 Å². The van der Waals surface area contributed by atoms with Crippen molar-refractivity contribution in [3.05, 3.63) is 114 Å². The summed E-state index contributed by atoms with van der Waals surface area (Å²) in [5.41, 5.74) is 2.19. The van der Waals surface area contributed by atoms with Gasteiger partial charge in [0.05, 0.1) is 28.5 Å². The van der Waals surface area contributed by atoms with E-state index in [0.29, 0.717) is 28.6 Å². The molecule has 2 heterocycles. The Morgan fingerprint density at radius 3 is 2.36 bits per heavy atom. The molecule has 0 spiro atoms. The van der Waals surface area contributed by atoms with Crippen LogP contribution in [0, 0.1) is 0 Å². The third-order valence-corrected chi connectivity index (χ3v) is 5.68. The molecular formula is C28H16F3N3O2. The molecule has 3 aromatic carbocycles. The summed E-state index contributed by atoms with van der Waals surface area (Å²) in [5.74, 6) is -0.382. The van der Waals surface area contributed by atoms with Crippen LogP contribution >= 0.6 is 0 Å². The second-order valence-electron chi connectivity index (χ2n) is 8.03. The molecule has 5 aromatic rings. The Hall–Kier alpha value is -4.72. The Balaban J connectivity index is 1.54. The Morgan fingerprint density at radius 2 is 1.61 bits per heavy atom. The number of pyridine rings is 1. The van der Waals surface area contributed by atoms with Crippen LogP contribution in [-0.4, -0.2) is 27.0 Å². The molecular weight excluding hydrogens is 467 g/mol. The number of hydrogen-bond acceptors (Lipinski definition) is 5. The molecule has 0 aliphatic heterocycles. The molecule has 0 aliphatic carbocycles. The smallest absolute Gasteiger partial charge is 0.298 e. The minimum atomic E-state index is -4.63. The van der Waals surface area contributed by atoms with Crippen molar-refractivity contribution in [1.29, 1.82) is 0 Å². The molecule has 8 heteroatoms. The van der Waals surface area contributed by atoms with E-state index in [-0.39, 0.29) is 28.0 Å². The lowest BCUT2D eigenvalue weighted by Crippen LogP contribution is -2.08. The van der Waals surface area contributed by atoms with Gasteiger partial charge in [0, 0.05) is 34.6 Å². The van der Waals surface area contributed by atoms with Crippen molar-refractivity contribution in [2.24, 2.45) is 0 Å². The molecule has 0 saturated carbocycles. The minimum absolute atomic E-state index is 0.104. The summed E-state index contributed by atoms with van der Waals surface area (Å²) in [7, 11) is 0. The lowest BCUT2D eigenvalue weighted by atomic mass is 9.94. The van der Waals surface area contributed by atoms with E-state index in [0.717, 1.165) is 17.7 Å². The van der Waals surface area contributed by atoms with Gasteiger partial charge in [-0.1, -0.05) is 24.3 Å². The number of alkyl halides is 3. The van der Waals surface area contributed by atoms with Crippen LogP contribution in [0.3, 0.4) is 0 Å². The lowest BCUT2D eigenvalue weighted by Gasteiger charge is -2.14. The zero-order valence-corrected chi connectivity index (χ0v) is 18.5. The number of aldehydes is 1. The predicted molar refractivity (Wildman–Crippen MR) is 128 cm³/mol. The molecule has 0 atom stereocenters. The molecule has 2 aromatic heterocycles. The fourth-order valence-electron chi connectivity index (χ4n) is 3.92.